The molecule has 0 unspecified atom stereocenters. The van der Waals surface area contributed by atoms with E-state index in [2.05, 4.69) is 144 Å². The van der Waals surface area contributed by atoms with Gasteiger partial charge in [-0.25, -0.2) is 0 Å². The van der Waals surface area contributed by atoms with E-state index < -0.39 is 5.41 Å². The van der Waals surface area contributed by atoms with E-state index in [1.165, 1.54) is 55.8 Å². The first-order valence-corrected chi connectivity index (χ1v) is 14.3. The molecule has 0 bridgehead atoms. The van der Waals surface area contributed by atoms with Crippen LogP contribution in [-0.4, -0.2) is 6.54 Å². The Morgan fingerprint density at radius 3 is 2.12 bits per heavy atom. The third-order valence-corrected chi connectivity index (χ3v) is 8.60. The van der Waals surface area contributed by atoms with Gasteiger partial charge in [0, 0.05) is 42.0 Å². The molecule has 3 nitrogen and oxygen atoms in total. The van der Waals surface area contributed by atoms with Gasteiger partial charge in [-0.1, -0.05) is 109 Å². The molecule has 198 valence electrons. The number of ether oxygens (including phenoxy) is 1. The number of benzene rings is 5. The lowest BCUT2D eigenvalue weighted by molar-refractivity contribution is 0.429. The third kappa shape index (κ3) is 3.77. The molecule has 0 aromatic heterocycles. The van der Waals surface area contributed by atoms with Gasteiger partial charge in [0.1, 0.15) is 11.5 Å². The normalized spacial score (nSPS) is 15.4. The maximum atomic E-state index is 6.48. The molecule has 3 aliphatic rings. The number of nitrogens with one attached hydrogen (secondary N) is 2. The van der Waals surface area contributed by atoms with Crippen molar-refractivity contribution in [1.29, 1.82) is 0 Å². The van der Waals surface area contributed by atoms with Crippen LogP contribution in [0.4, 0.5) is 0 Å². The zero-order chi connectivity index (χ0) is 27.2. The average molecular weight is 531 g/mol. The van der Waals surface area contributed by atoms with E-state index in [0.717, 1.165) is 31.1 Å². The van der Waals surface area contributed by atoms with Crippen molar-refractivity contribution in [3.8, 4) is 22.6 Å². The summed E-state index contributed by atoms with van der Waals surface area (Å²) in [6, 6.07) is 43.5. The Labute approximate surface area is 240 Å². The van der Waals surface area contributed by atoms with Crippen molar-refractivity contribution in [1.82, 2.24) is 10.6 Å². The number of fused-ring (bicyclic) bond motifs is 8. The molecule has 5 aromatic carbocycles. The average Bonchev–Trinajstić information content (AvgIpc) is 3.32. The van der Waals surface area contributed by atoms with Crippen molar-refractivity contribution in [2.24, 2.45) is 0 Å². The van der Waals surface area contributed by atoms with Crippen LogP contribution in [0.15, 0.2) is 139 Å². The number of para-hydroxylation sites is 2. The van der Waals surface area contributed by atoms with E-state index in [4.69, 9.17) is 4.74 Å². The SMILES string of the molecule is C1=CC2=C(NC1)C1(c3ccccc3Oc3ccccc31)c1cc(-c3cccc(CNCc4ccccc4)c3)ccc12. The van der Waals surface area contributed by atoms with Crippen LogP contribution < -0.4 is 15.4 Å². The molecule has 1 spiro atoms. The van der Waals surface area contributed by atoms with Crippen LogP contribution in [0.5, 0.6) is 11.5 Å². The Morgan fingerprint density at radius 2 is 1.32 bits per heavy atom. The minimum atomic E-state index is -0.467. The zero-order valence-electron chi connectivity index (χ0n) is 22.7. The van der Waals surface area contributed by atoms with Crippen LogP contribution in [0.2, 0.25) is 0 Å². The van der Waals surface area contributed by atoms with Crippen LogP contribution in [0.25, 0.3) is 16.7 Å². The second-order valence-corrected chi connectivity index (χ2v) is 11.0. The molecule has 0 saturated carbocycles. The van der Waals surface area contributed by atoms with E-state index in [1.54, 1.807) is 0 Å². The lowest BCUT2D eigenvalue weighted by Crippen LogP contribution is -2.39. The van der Waals surface area contributed by atoms with Crippen molar-refractivity contribution < 1.29 is 4.74 Å². The Balaban J connectivity index is 1.24. The summed E-state index contributed by atoms with van der Waals surface area (Å²) in [6.07, 6.45) is 4.51. The van der Waals surface area contributed by atoms with Crippen molar-refractivity contribution in [3.63, 3.8) is 0 Å². The fourth-order valence-electron chi connectivity index (χ4n) is 6.84. The minimum Gasteiger partial charge on any atom is -0.457 e. The molecule has 3 heteroatoms. The molecule has 2 heterocycles. The highest BCUT2D eigenvalue weighted by Crippen LogP contribution is 2.61. The lowest BCUT2D eigenvalue weighted by atomic mass is 9.67. The summed E-state index contributed by atoms with van der Waals surface area (Å²) in [5.74, 6) is 1.83. The largest absolute Gasteiger partial charge is 0.457 e. The van der Waals surface area contributed by atoms with Crippen molar-refractivity contribution in [3.05, 3.63) is 173 Å². The molecule has 0 radical (unpaired) electrons. The number of hydrogen-bond acceptors (Lipinski definition) is 3. The predicted molar refractivity (Wildman–Crippen MR) is 166 cm³/mol. The summed E-state index contributed by atoms with van der Waals surface area (Å²) >= 11 is 0. The minimum absolute atomic E-state index is 0.467. The van der Waals surface area contributed by atoms with Gasteiger partial charge < -0.3 is 15.4 Å². The Kier molecular flexibility index (Phi) is 5.65. The molecular formula is C38H30N2O. The summed E-state index contributed by atoms with van der Waals surface area (Å²) in [7, 11) is 0. The van der Waals surface area contributed by atoms with Crippen LogP contribution in [-0.2, 0) is 18.5 Å². The van der Waals surface area contributed by atoms with E-state index in [0.29, 0.717) is 0 Å². The quantitative estimate of drug-likeness (QED) is 0.242. The fraction of sp³-hybridized carbons (Fsp3) is 0.105. The lowest BCUT2D eigenvalue weighted by Gasteiger charge is -2.41. The molecular weight excluding hydrogens is 500 g/mol. The first kappa shape index (κ1) is 24.0. The highest BCUT2D eigenvalue weighted by atomic mass is 16.5. The fourth-order valence-corrected chi connectivity index (χ4v) is 6.84. The standard InChI is InChI=1S/C38H30N2O/c1-2-10-26(11-3-1)24-39-25-27-12-8-13-28(22-27)29-19-20-30-31-14-9-21-40-37(31)38(34(30)23-29)32-15-4-6-17-35(32)41-36-18-7-5-16-33(36)38/h1-20,22-23,39-40H,21,24-25H2. The molecule has 0 saturated heterocycles. The molecule has 2 N–H and O–H groups in total. The molecule has 5 aromatic rings. The van der Waals surface area contributed by atoms with Crippen molar-refractivity contribution >= 4 is 5.57 Å². The van der Waals surface area contributed by atoms with Crippen LogP contribution in [0, 0.1) is 0 Å². The highest BCUT2D eigenvalue weighted by Gasteiger charge is 2.52. The molecule has 8 rings (SSSR count). The monoisotopic (exact) mass is 530 g/mol. The summed E-state index contributed by atoms with van der Waals surface area (Å²) in [5.41, 5.74) is 12.0. The highest BCUT2D eigenvalue weighted by molar-refractivity contribution is 5.93. The molecule has 2 aliphatic heterocycles. The molecule has 41 heavy (non-hydrogen) atoms. The third-order valence-electron chi connectivity index (χ3n) is 8.60. The van der Waals surface area contributed by atoms with Crippen molar-refractivity contribution in [2.45, 2.75) is 18.5 Å². The molecule has 0 amide bonds. The first-order chi connectivity index (χ1) is 20.3. The Bertz CT molecular complexity index is 1800. The summed E-state index contributed by atoms with van der Waals surface area (Å²) in [4.78, 5) is 0. The smallest absolute Gasteiger partial charge is 0.132 e. The van der Waals surface area contributed by atoms with Gasteiger partial charge in [-0.2, -0.15) is 0 Å². The molecule has 0 fully saturated rings. The number of allylic oxidation sites excluding steroid dienone is 3. The number of hydrogen-bond donors (Lipinski definition) is 2. The summed E-state index contributed by atoms with van der Waals surface area (Å²) in [5, 5.41) is 7.41. The van der Waals surface area contributed by atoms with E-state index in [-0.39, 0.29) is 0 Å². The van der Waals surface area contributed by atoms with E-state index in [1.807, 2.05) is 0 Å². The topological polar surface area (TPSA) is 33.3 Å². The second-order valence-electron chi connectivity index (χ2n) is 11.0. The Hall–Kier alpha value is -4.86. The number of dihydropyridines is 1. The van der Waals surface area contributed by atoms with Crippen LogP contribution in [0.3, 0.4) is 0 Å². The maximum absolute atomic E-state index is 6.48. The maximum Gasteiger partial charge on any atom is 0.132 e. The van der Waals surface area contributed by atoms with Gasteiger partial charge >= 0.3 is 0 Å². The Morgan fingerprint density at radius 1 is 0.634 bits per heavy atom. The van der Waals surface area contributed by atoms with E-state index >= 15 is 0 Å². The van der Waals surface area contributed by atoms with Gasteiger partial charge in [0.05, 0.1) is 5.41 Å². The van der Waals surface area contributed by atoms with Gasteiger partial charge in [0.15, 0.2) is 0 Å². The van der Waals surface area contributed by atoms with Gasteiger partial charge in [-0.05, 0) is 57.6 Å². The first-order valence-electron chi connectivity index (χ1n) is 14.3. The second kappa shape index (κ2) is 9.65. The van der Waals surface area contributed by atoms with Gasteiger partial charge in [-0.15, -0.1) is 0 Å². The van der Waals surface area contributed by atoms with Gasteiger partial charge in [-0.3, -0.25) is 0 Å². The molecule has 0 atom stereocenters. The zero-order valence-corrected chi connectivity index (χ0v) is 22.7. The predicted octanol–water partition coefficient (Wildman–Crippen LogP) is 7.97. The van der Waals surface area contributed by atoms with Crippen molar-refractivity contribution in [2.75, 3.05) is 6.54 Å². The number of rotatable bonds is 5. The summed E-state index contributed by atoms with van der Waals surface area (Å²) < 4.78 is 6.48. The summed E-state index contributed by atoms with van der Waals surface area (Å²) in [6.45, 7) is 2.48. The van der Waals surface area contributed by atoms with Crippen LogP contribution >= 0.6 is 0 Å². The van der Waals surface area contributed by atoms with Crippen LogP contribution in [0.1, 0.15) is 33.4 Å². The van der Waals surface area contributed by atoms with E-state index in [9.17, 15) is 0 Å². The van der Waals surface area contributed by atoms with Gasteiger partial charge in [0.25, 0.3) is 0 Å². The van der Waals surface area contributed by atoms with Gasteiger partial charge in [0.2, 0.25) is 0 Å². The molecule has 1 aliphatic carbocycles.